The first-order valence-electron chi connectivity index (χ1n) is 5.26. The van der Waals surface area contributed by atoms with Crippen LogP contribution in [0.3, 0.4) is 0 Å². The maximum Gasteiger partial charge on any atom is 0.0592 e. The molecule has 2 heterocycles. The highest BCUT2D eigenvalue weighted by atomic mass is 79.9. The van der Waals surface area contributed by atoms with Crippen molar-refractivity contribution in [1.29, 1.82) is 0 Å². The number of hydrogen-bond acceptors (Lipinski definition) is 2. The first-order valence-corrected chi connectivity index (χ1v) is 6.49. The Bertz CT molecular complexity index is 332. The molecule has 15 heavy (non-hydrogen) atoms. The number of pyridine rings is 1. The van der Waals surface area contributed by atoms with Crippen LogP contribution in [0.25, 0.3) is 0 Å². The van der Waals surface area contributed by atoms with Gasteiger partial charge in [0, 0.05) is 30.9 Å². The van der Waals surface area contributed by atoms with Crippen molar-refractivity contribution in [2.24, 2.45) is 0 Å². The van der Waals surface area contributed by atoms with Gasteiger partial charge in [-0.25, -0.2) is 0 Å². The molecule has 2 nitrogen and oxygen atoms in total. The van der Waals surface area contributed by atoms with Crippen molar-refractivity contribution in [3.63, 3.8) is 0 Å². The molecule has 0 radical (unpaired) electrons. The van der Waals surface area contributed by atoms with Crippen LogP contribution in [-0.2, 0) is 0 Å². The van der Waals surface area contributed by atoms with E-state index in [1.165, 1.54) is 12.1 Å². The van der Waals surface area contributed by atoms with Gasteiger partial charge in [0.1, 0.15) is 0 Å². The fourth-order valence-corrected chi connectivity index (χ4v) is 2.67. The molecule has 0 aromatic carbocycles. The summed E-state index contributed by atoms with van der Waals surface area (Å²) in [6.45, 7) is 2.13. The van der Waals surface area contributed by atoms with Crippen LogP contribution >= 0.6 is 27.5 Å². The van der Waals surface area contributed by atoms with E-state index in [9.17, 15) is 0 Å². The molecule has 0 amide bonds. The van der Waals surface area contributed by atoms with Crippen molar-refractivity contribution in [2.45, 2.75) is 24.6 Å². The molecule has 0 N–H and O–H groups in total. The molecule has 0 bridgehead atoms. The van der Waals surface area contributed by atoms with Crippen molar-refractivity contribution in [3.05, 3.63) is 22.9 Å². The minimum Gasteiger partial charge on any atom is -0.370 e. The summed E-state index contributed by atoms with van der Waals surface area (Å²) >= 11 is 9.70. The normalized spacial score (nSPS) is 22.5. The second kappa shape index (κ2) is 5.17. The molecule has 2 rings (SSSR count). The molecule has 1 aromatic heterocycles. The third-order valence-electron chi connectivity index (χ3n) is 2.75. The lowest BCUT2D eigenvalue weighted by atomic mass is 10.2. The second-order valence-corrected chi connectivity index (χ2v) is 5.31. The van der Waals surface area contributed by atoms with Crippen molar-refractivity contribution < 1.29 is 0 Å². The summed E-state index contributed by atoms with van der Waals surface area (Å²) in [5.74, 6) is 0. The standard InChI is InChI=1S/C11H14BrClN2/c12-10-8-14-5-3-11(10)15-6-1-2-9(13)4-7-15/h3,5,8-9H,1-2,4,6-7H2. The van der Waals surface area contributed by atoms with E-state index in [2.05, 4.69) is 31.9 Å². The van der Waals surface area contributed by atoms with Gasteiger partial charge in [-0.15, -0.1) is 11.6 Å². The van der Waals surface area contributed by atoms with Crippen LogP contribution < -0.4 is 4.90 Å². The van der Waals surface area contributed by atoms with Crippen LogP contribution in [0, 0.1) is 0 Å². The lowest BCUT2D eigenvalue weighted by Gasteiger charge is -2.23. The van der Waals surface area contributed by atoms with Crippen LogP contribution in [0.2, 0.25) is 0 Å². The smallest absolute Gasteiger partial charge is 0.0592 e. The average molecular weight is 290 g/mol. The number of alkyl halides is 1. The van der Waals surface area contributed by atoms with Crippen LogP contribution in [0.1, 0.15) is 19.3 Å². The lowest BCUT2D eigenvalue weighted by molar-refractivity contribution is 0.735. The van der Waals surface area contributed by atoms with Crippen molar-refractivity contribution >= 4 is 33.2 Å². The Kier molecular flexibility index (Phi) is 3.87. The fraction of sp³-hybridized carbons (Fsp3) is 0.545. The van der Waals surface area contributed by atoms with Gasteiger partial charge in [0.25, 0.3) is 0 Å². The zero-order valence-electron chi connectivity index (χ0n) is 8.50. The molecule has 1 aliphatic heterocycles. The Hall–Kier alpha value is -0.280. The van der Waals surface area contributed by atoms with E-state index >= 15 is 0 Å². The van der Waals surface area contributed by atoms with E-state index in [1.54, 1.807) is 0 Å². The highest BCUT2D eigenvalue weighted by molar-refractivity contribution is 9.10. The molecule has 1 aromatic rings. The average Bonchev–Trinajstić information content (AvgIpc) is 2.44. The summed E-state index contributed by atoms with van der Waals surface area (Å²) in [6, 6.07) is 2.05. The Labute approximate surface area is 104 Å². The Balaban J connectivity index is 2.13. The minimum atomic E-state index is 0.343. The quantitative estimate of drug-likeness (QED) is 0.736. The minimum absolute atomic E-state index is 0.343. The van der Waals surface area contributed by atoms with Crippen LogP contribution in [0.15, 0.2) is 22.9 Å². The highest BCUT2D eigenvalue weighted by Crippen LogP contribution is 2.27. The number of aromatic nitrogens is 1. The molecule has 82 valence electrons. The van der Waals surface area contributed by atoms with E-state index in [1.807, 2.05) is 12.4 Å². The van der Waals surface area contributed by atoms with Gasteiger partial charge >= 0.3 is 0 Å². The molecule has 1 atom stereocenters. The molecule has 4 heteroatoms. The van der Waals surface area contributed by atoms with Gasteiger partial charge in [-0.1, -0.05) is 0 Å². The SMILES string of the molecule is ClC1CCCN(c2ccncc2Br)CC1. The molecule has 1 unspecified atom stereocenters. The number of nitrogens with zero attached hydrogens (tertiary/aromatic N) is 2. The Morgan fingerprint density at radius 1 is 1.40 bits per heavy atom. The Morgan fingerprint density at radius 2 is 2.27 bits per heavy atom. The summed E-state index contributed by atoms with van der Waals surface area (Å²) in [6.07, 6.45) is 7.04. The molecule has 0 spiro atoms. The maximum atomic E-state index is 6.16. The molecule has 1 aliphatic rings. The van der Waals surface area contributed by atoms with Gasteiger partial charge in [0.2, 0.25) is 0 Å². The number of rotatable bonds is 1. The van der Waals surface area contributed by atoms with E-state index in [4.69, 9.17) is 11.6 Å². The van der Waals surface area contributed by atoms with Gasteiger partial charge in [-0.2, -0.15) is 0 Å². The Morgan fingerprint density at radius 3 is 3.07 bits per heavy atom. The van der Waals surface area contributed by atoms with Crippen molar-refractivity contribution in [2.75, 3.05) is 18.0 Å². The first kappa shape index (κ1) is 11.2. The van der Waals surface area contributed by atoms with Gasteiger partial charge in [0.05, 0.1) is 10.2 Å². The van der Waals surface area contributed by atoms with Gasteiger partial charge < -0.3 is 4.90 Å². The largest absolute Gasteiger partial charge is 0.370 e. The monoisotopic (exact) mass is 288 g/mol. The van der Waals surface area contributed by atoms with Crippen LogP contribution in [-0.4, -0.2) is 23.5 Å². The van der Waals surface area contributed by atoms with Gasteiger partial charge in [0.15, 0.2) is 0 Å². The predicted octanol–water partition coefficient (Wildman–Crippen LogP) is 3.44. The highest BCUT2D eigenvalue weighted by Gasteiger charge is 2.16. The number of halogens is 2. The van der Waals surface area contributed by atoms with Crippen LogP contribution in [0.5, 0.6) is 0 Å². The topological polar surface area (TPSA) is 16.1 Å². The van der Waals surface area contributed by atoms with Crippen LogP contribution in [0.4, 0.5) is 5.69 Å². The van der Waals surface area contributed by atoms with Crippen molar-refractivity contribution in [3.8, 4) is 0 Å². The summed E-state index contributed by atoms with van der Waals surface area (Å²) in [5.41, 5.74) is 1.23. The fourth-order valence-electron chi connectivity index (χ4n) is 1.92. The van der Waals surface area contributed by atoms with Gasteiger partial charge in [-0.3, -0.25) is 4.98 Å². The number of hydrogen-bond donors (Lipinski definition) is 0. The van der Waals surface area contributed by atoms with E-state index in [0.29, 0.717) is 5.38 Å². The molecular weight excluding hydrogens is 275 g/mol. The zero-order chi connectivity index (χ0) is 10.7. The third-order valence-corrected chi connectivity index (χ3v) is 3.80. The number of anilines is 1. The molecule has 1 fully saturated rings. The maximum absolute atomic E-state index is 6.16. The first-order chi connectivity index (χ1) is 7.27. The summed E-state index contributed by atoms with van der Waals surface area (Å²) < 4.78 is 1.07. The lowest BCUT2D eigenvalue weighted by Crippen LogP contribution is -2.24. The summed E-state index contributed by atoms with van der Waals surface area (Å²) in [4.78, 5) is 6.46. The third kappa shape index (κ3) is 2.85. The molecule has 1 saturated heterocycles. The van der Waals surface area contributed by atoms with E-state index < -0.39 is 0 Å². The molecule has 0 saturated carbocycles. The molecular formula is C11H14BrClN2. The van der Waals surface area contributed by atoms with Crippen molar-refractivity contribution in [1.82, 2.24) is 4.98 Å². The summed E-state index contributed by atoms with van der Waals surface area (Å²) in [5, 5.41) is 0.343. The van der Waals surface area contributed by atoms with E-state index in [-0.39, 0.29) is 0 Å². The zero-order valence-corrected chi connectivity index (χ0v) is 10.8. The molecule has 0 aliphatic carbocycles. The second-order valence-electron chi connectivity index (χ2n) is 3.84. The predicted molar refractivity (Wildman–Crippen MR) is 67.6 cm³/mol. The van der Waals surface area contributed by atoms with E-state index in [0.717, 1.165) is 30.4 Å². The summed E-state index contributed by atoms with van der Waals surface area (Å²) in [7, 11) is 0. The van der Waals surface area contributed by atoms with Gasteiger partial charge in [-0.05, 0) is 41.3 Å².